The molecule has 3 rings (SSSR count). The van der Waals surface area contributed by atoms with Crippen LogP contribution in [0.15, 0.2) is 22.8 Å². The van der Waals surface area contributed by atoms with E-state index in [1.165, 1.54) is 0 Å². The highest BCUT2D eigenvalue weighted by Gasteiger charge is 2.44. The first-order valence-electron chi connectivity index (χ1n) is 6.85. The maximum Gasteiger partial charge on any atom is 0.229 e. The number of H-pyrrole nitrogens is 1. The van der Waals surface area contributed by atoms with E-state index in [4.69, 9.17) is 21.1 Å². The standard InChI is InChI=1S/C14H15BrClNO6/c15-6-1-5-8(2-7(6)16)17-3-9(5)22-14-13(21)12(20)11(19)10(4-18)23-14/h1-3,10-14,17-21H,4H2/t10-,11-,12-,13-,14-/m1/s1. The molecule has 2 heterocycles. The van der Waals surface area contributed by atoms with Gasteiger partial charge in [0.1, 0.15) is 30.2 Å². The number of rotatable bonds is 3. The van der Waals surface area contributed by atoms with Crippen LogP contribution in [-0.4, -0.2) is 62.7 Å². The molecule has 2 aromatic rings. The average Bonchev–Trinajstić information content (AvgIpc) is 2.90. The molecular weight excluding hydrogens is 394 g/mol. The molecule has 1 saturated heterocycles. The van der Waals surface area contributed by atoms with Crippen molar-refractivity contribution in [2.75, 3.05) is 6.61 Å². The molecule has 5 N–H and O–H groups in total. The number of aromatic nitrogens is 1. The van der Waals surface area contributed by atoms with E-state index in [0.717, 1.165) is 5.52 Å². The Balaban J connectivity index is 1.88. The van der Waals surface area contributed by atoms with Crippen LogP contribution in [0.25, 0.3) is 10.9 Å². The van der Waals surface area contributed by atoms with E-state index in [-0.39, 0.29) is 0 Å². The van der Waals surface area contributed by atoms with Crippen molar-refractivity contribution >= 4 is 38.4 Å². The third kappa shape index (κ3) is 3.08. The summed E-state index contributed by atoms with van der Waals surface area (Å²) >= 11 is 9.35. The van der Waals surface area contributed by atoms with Crippen LogP contribution in [-0.2, 0) is 4.74 Å². The highest BCUT2D eigenvalue weighted by molar-refractivity contribution is 9.10. The number of hydrogen-bond donors (Lipinski definition) is 5. The van der Waals surface area contributed by atoms with Crippen molar-refractivity contribution in [3.8, 4) is 5.75 Å². The third-order valence-electron chi connectivity index (χ3n) is 3.78. The summed E-state index contributed by atoms with van der Waals surface area (Å²) in [6.07, 6.45) is -5.07. The van der Waals surface area contributed by atoms with Gasteiger partial charge in [-0.2, -0.15) is 0 Å². The molecular formula is C14H15BrClNO6. The number of aliphatic hydroxyl groups is 4. The summed E-state index contributed by atoms with van der Waals surface area (Å²) in [5.41, 5.74) is 0.720. The van der Waals surface area contributed by atoms with Crippen molar-refractivity contribution in [2.45, 2.75) is 30.7 Å². The van der Waals surface area contributed by atoms with Crippen LogP contribution in [0.1, 0.15) is 0 Å². The maximum atomic E-state index is 10.0. The van der Waals surface area contributed by atoms with Gasteiger partial charge in [-0.3, -0.25) is 0 Å². The molecule has 1 aliphatic rings. The van der Waals surface area contributed by atoms with Gasteiger partial charge < -0.3 is 34.9 Å². The molecule has 1 fully saturated rings. The van der Waals surface area contributed by atoms with Crippen molar-refractivity contribution < 1.29 is 29.9 Å². The molecule has 0 bridgehead atoms. The van der Waals surface area contributed by atoms with Crippen LogP contribution in [0.5, 0.6) is 5.75 Å². The van der Waals surface area contributed by atoms with Crippen LogP contribution in [0.3, 0.4) is 0 Å². The lowest BCUT2D eigenvalue weighted by Gasteiger charge is -2.39. The van der Waals surface area contributed by atoms with Gasteiger partial charge in [0, 0.05) is 16.1 Å². The van der Waals surface area contributed by atoms with Crippen LogP contribution in [0.2, 0.25) is 5.02 Å². The first-order valence-corrected chi connectivity index (χ1v) is 8.02. The van der Waals surface area contributed by atoms with Gasteiger partial charge in [-0.25, -0.2) is 0 Å². The number of hydrogen-bond acceptors (Lipinski definition) is 6. The fourth-order valence-electron chi connectivity index (χ4n) is 2.48. The summed E-state index contributed by atoms with van der Waals surface area (Å²) < 4.78 is 11.6. The number of halogens is 2. The predicted octanol–water partition coefficient (Wildman–Crippen LogP) is 0.762. The Morgan fingerprint density at radius 2 is 1.96 bits per heavy atom. The van der Waals surface area contributed by atoms with Gasteiger partial charge in [0.25, 0.3) is 0 Å². The Bertz CT molecular complexity index is 708. The maximum absolute atomic E-state index is 10.0. The zero-order chi connectivity index (χ0) is 16.7. The van der Waals surface area contributed by atoms with E-state index in [2.05, 4.69) is 20.9 Å². The lowest BCUT2D eigenvalue weighted by atomic mass is 9.99. The summed E-state index contributed by atoms with van der Waals surface area (Å²) in [6, 6.07) is 3.45. The van der Waals surface area contributed by atoms with E-state index >= 15 is 0 Å². The Morgan fingerprint density at radius 3 is 2.65 bits per heavy atom. The second kappa shape index (κ2) is 6.56. The molecule has 0 spiro atoms. The zero-order valence-corrected chi connectivity index (χ0v) is 14.0. The highest BCUT2D eigenvalue weighted by Crippen LogP contribution is 2.34. The minimum absolute atomic E-state index is 0.377. The second-order valence-electron chi connectivity index (χ2n) is 5.28. The van der Waals surface area contributed by atoms with Gasteiger partial charge in [-0.05, 0) is 28.1 Å². The molecule has 1 aliphatic heterocycles. The molecule has 0 aliphatic carbocycles. The molecule has 0 saturated carbocycles. The van der Waals surface area contributed by atoms with Crippen molar-refractivity contribution in [1.29, 1.82) is 0 Å². The van der Waals surface area contributed by atoms with Gasteiger partial charge >= 0.3 is 0 Å². The lowest BCUT2D eigenvalue weighted by Crippen LogP contribution is -2.60. The number of benzene rings is 1. The van der Waals surface area contributed by atoms with Gasteiger partial charge in [0.2, 0.25) is 6.29 Å². The van der Waals surface area contributed by atoms with E-state index in [0.29, 0.717) is 20.6 Å². The van der Waals surface area contributed by atoms with Crippen molar-refractivity contribution in [3.63, 3.8) is 0 Å². The molecule has 0 unspecified atom stereocenters. The summed E-state index contributed by atoms with van der Waals surface area (Å²) in [4.78, 5) is 2.98. The quantitative estimate of drug-likeness (QED) is 0.512. The van der Waals surface area contributed by atoms with Crippen molar-refractivity contribution in [1.82, 2.24) is 4.98 Å². The van der Waals surface area contributed by atoms with Crippen LogP contribution < -0.4 is 4.74 Å². The van der Waals surface area contributed by atoms with Crippen LogP contribution in [0.4, 0.5) is 0 Å². The number of fused-ring (bicyclic) bond motifs is 1. The van der Waals surface area contributed by atoms with E-state index in [1.807, 2.05) is 0 Å². The molecule has 23 heavy (non-hydrogen) atoms. The number of ether oxygens (including phenoxy) is 2. The first kappa shape index (κ1) is 17.0. The monoisotopic (exact) mass is 407 g/mol. The van der Waals surface area contributed by atoms with Gasteiger partial charge in [-0.1, -0.05) is 11.6 Å². The Hall–Kier alpha value is -0.870. The van der Waals surface area contributed by atoms with Crippen molar-refractivity contribution in [2.24, 2.45) is 0 Å². The van der Waals surface area contributed by atoms with Crippen LogP contribution >= 0.6 is 27.5 Å². The molecule has 9 heteroatoms. The summed E-state index contributed by atoms with van der Waals surface area (Å²) in [5.74, 6) is 0.377. The SMILES string of the molecule is OC[C@H]1O[C@@H](Oc2c[nH]c3cc(Cl)c(Br)cc23)[C@H](O)[C@H](O)[C@@H]1O. The molecule has 1 aromatic carbocycles. The van der Waals surface area contributed by atoms with Crippen molar-refractivity contribution in [3.05, 3.63) is 27.8 Å². The number of aromatic amines is 1. The molecule has 5 atom stereocenters. The largest absolute Gasteiger partial charge is 0.460 e. The minimum atomic E-state index is -1.49. The Kier molecular flexibility index (Phi) is 4.84. The fourth-order valence-corrected chi connectivity index (χ4v) is 2.99. The second-order valence-corrected chi connectivity index (χ2v) is 6.54. The van der Waals surface area contributed by atoms with Gasteiger partial charge in [0.05, 0.1) is 17.1 Å². The first-order chi connectivity index (χ1) is 10.9. The molecule has 1 aromatic heterocycles. The Labute approximate surface area is 144 Å². The van der Waals surface area contributed by atoms with E-state index in [1.54, 1.807) is 18.3 Å². The predicted molar refractivity (Wildman–Crippen MR) is 85.4 cm³/mol. The summed E-state index contributed by atoms with van der Waals surface area (Å²) in [5, 5.41) is 40.0. The average molecular weight is 409 g/mol. The van der Waals surface area contributed by atoms with Gasteiger partial charge in [0.15, 0.2) is 0 Å². The summed E-state index contributed by atoms with van der Waals surface area (Å²) in [6.45, 7) is -0.514. The smallest absolute Gasteiger partial charge is 0.229 e. The molecule has 0 radical (unpaired) electrons. The minimum Gasteiger partial charge on any atom is -0.460 e. The van der Waals surface area contributed by atoms with E-state index < -0.39 is 37.3 Å². The fraction of sp³-hybridized carbons (Fsp3) is 0.429. The Morgan fingerprint density at radius 1 is 1.22 bits per heavy atom. The molecule has 126 valence electrons. The van der Waals surface area contributed by atoms with E-state index in [9.17, 15) is 20.4 Å². The number of aliphatic hydroxyl groups excluding tert-OH is 4. The van der Waals surface area contributed by atoms with Gasteiger partial charge in [-0.15, -0.1) is 0 Å². The normalized spacial score (nSPS) is 31.5. The molecule has 0 amide bonds. The van der Waals surface area contributed by atoms with Crippen LogP contribution in [0, 0.1) is 0 Å². The molecule has 7 nitrogen and oxygen atoms in total. The third-order valence-corrected chi connectivity index (χ3v) is 4.97. The summed E-state index contributed by atoms with van der Waals surface area (Å²) in [7, 11) is 0. The zero-order valence-electron chi connectivity index (χ0n) is 11.7. The number of nitrogens with one attached hydrogen (secondary N) is 1. The topological polar surface area (TPSA) is 115 Å². The lowest BCUT2D eigenvalue weighted by molar-refractivity contribution is -0.277. The highest BCUT2D eigenvalue weighted by atomic mass is 79.9.